The van der Waals surface area contributed by atoms with E-state index < -0.39 is 0 Å². The summed E-state index contributed by atoms with van der Waals surface area (Å²) in [5.74, 6) is 1.17. The lowest BCUT2D eigenvalue weighted by Gasteiger charge is -2.12. The van der Waals surface area contributed by atoms with Crippen molar-refractivity contribution in [1.29, 1.82) is 0 Å². The van der Waals surface area contributed by atoms with Crippen LogP contribution in [0.5, 0.6) is 0 Å². The van der Waals surface area contributed by atoms with Gasteiger partial charge in [0.1, 0.15) is 0 Å². The third kappa shape index (κ3) is 2.88. The van der Waals surface area contributed by atoms with Gasteiger partial charge in [-0.1, -0.05) is 24.9 Å². The molecule has 0 aliphatic heterocycles. The van der Waals surface area contributed by atoms with Gasteiger partial charge in [0.25, 0.3) is 0 Å². The zero-order chi connectivity index (χ0) is 11.4. The second kappa shape index (κ2) is 5.76. The fourth-order valence-corrected chi connectivity index (χ4v) is 2.19. The molecule has 0 radical (unpaired) electrons. The molecular weight excluding hydrogens is 231 g/mol. The smallest absolute Gasteiger partial charge is 0.0847 e. The molecule has 1 atom stereocenters. The summed E-state index contributed by atoms with van der Waals surface area (Å²) in [5, 5.41) is 5.20. The Bertz CT molecular complexity index is 317. The minimum Gasteiger partial charge on any atom is -0.268 e. The lowest BCUT2D eigenvalue weighted by atomic mass is 10.0. The summed E-state index contributed by atoms with van der Waals surface area (Å²) in [5.41, 5.74) is 2.04. The van der Waals surface area contributed by atoms with Crippen LogP contribution < -0.4 is 0 Å². The molecule has 4 heteroatoms. The van der Waals surface area contributed by atoms with Crippen LogP contribution in [0.1, 0.15) is 31.7 Å². The Morgan fingerprint density at radius 1 is 1.40 bits per heavy atom. The Morgan fingerprint density at radius 3 is 2.53 bits per heavy atom. The molecule has 15 heavy (non-hydrogen) atoms. The number of hydrogen-bond acceptors (Lipinski definition) is 1. The van der Waals surface area contributed by atoms with Crippen molar-refractivity contribution in [3.8, 4) is 0 Å². The third-order valence-electron chi connectivity index (χ3n) is 2.73. The van der Waals surface area contributed by atoms with E-state index in [2.05, 4.69) is 18.9 Å². The van der Waals surface area contributed by atoms with Gasteiger partial charge in [-0.15, -0.1) is 11.6 Å². The molecule has 1 aromatic heterocycles. The largest absolute Gasteiger partial charge is 0.268 e. The van der Waals surface area contributed by atoms with Gasteiger partial charge in [-0.2, -0.15) is 5.10 Å². The van der Waals surface area contributed by atoms with Crippen molar-refractivity contribution in [1.82, 2.24) is 9.78 Å². The van der Waals surface area contributed by atoms with E-state index in [0.717, 1.165) is 35.8 Å². The first-order valence-electron chi connectivity index (χ1n) is 5.41. The van der Waals surface area contributed by atoms with Crippen LogP contribution in [0.15, 0.2) is 0 Å². The predicted octanol–water partition coefficient (Wildman–Crippen LogP) is 3.67. The summed E-state index contributed by atoms with van der Waals surface area (Å²) in [6.07, 6.45) is 2.00. The maximum atomic E-state index is 6.22. The number of aryl methyl sites for hydroxylation is 2. The molecule has 0 N–H and O–H groups in total. The molecule has 0 fully saturated rings. The van der Waals surface area contributed by atoms with Crippen molar-refractivity contribution in [3.05, 3.63) is 16.4 Å². The number of hydrogen-bond donors (Lipinski definition) is 0. The highest BCUT2D eigenvalue weighted by Crippen LogP contribution is 2.24. The lowest BCUT2D eigenvalue weighted by molar-refractivity contribution is 0.521. The minimum atomic E-state index is 0.491. The van der Waals surface area contributed by atoms with Crippen molar-refractivity contribution in [3.63, 3.8) is 0 Å². The van der Waals surface area contributed by atoms with Crippen LogP contribution in [0.4, 0.5) is 0 Å². The number of halogens is 2. The fraction of sp³-hybridized carbons (Fsp3) is 0.727. The van der Waals surface area contributed by atoms with Gasteiger partial charge in [-0.3, -0.25) is 4.68 Å². The maximum absolute atomic E-state index is 6.22. The average Bonchev–Trinajstić information content (AvgIpc) is 2.52. The summed E-state index contributed by atoms with van der Waals surface area (Å²) in [4.78, 5) is 0. The topological polar surface area (TPSA) is 17.8 Å². The van der Waals surface area contributed by atoms with Crippen LogP contribution in [0.3, 0.4) is 0 Å². The van der Waals surface area contributed by atoms with Crippen molar-refractivity contribution in [2.75, 3.05) is 5.88 Å². The Kier molecular flexibility index (Phi) is 4.94. The quantitative estimate of drug-likeness (QED) is 0.728. The molecule has 0 aromatic carbocycles. The first-order chi connectivity index (χ1) is 7.13. The van der Waals surface area contributed by atoms with E-state index in [0.29, 0.717) is 11.8 Å². The van der Waals surface area contributed by atoms with Crippen LogP contribution in [0.25, 0.3) is 0 Å². The molecule has 0 bridgehead atoms. The molecule has 1 unspecified atom stereocenters. The van der Waals surface area contributed by atoms with E-state index >= 15 is 0 Å². The molecule has 1 aromatic rings. The van der Waals surface area contributed by atoms with E-state index in [1.165, 1.54) is 0 Å². The molecule has 0 aliphatic rings. The first kappa shape index (κ1) is 12.9. The van der Waals surface area contributed by atoms with E-state index in [1.807, 2.05) is 11.6 Å². The summed E-state index contributed by atoms with van der Waals surface area (Å²) in [7, 11) is 0. The Morgan fingerprint density at radius 2 is 2.07 bits per heavy atom. The normalized spacial score (nSPS) is 13.1. The summed E-state index contributed by atoms with van der Waals surface area (Å²) in [6.45, 7) is 7.04. The molecule has 0 amide bonds. The van der Waals surface area contributed by atoms with Crippen LogP contribution in [-0.4, -0.2) is 15.7 Å². The van der Waals surface area contributed by atoms with Gasteiger partial charge in [-0.25, -0.2) is 0 Å². The van der Waals surface area contributed by atoms with Crippen molar-refractivity contribution >= 4 is 23.2 Å². The lowest BCUT2D eigenvalue weighted by Crippen LogP contribution is -2.10. The van der Waals surface area contributed by atoms with E-state index in [4.69, 9.17) is 23.2 Å². The van der Waals surface area contributed by atoms with Crippen LogP contribution >= 0.6 is 23.2 Å². The van der Waals surface area contributed by atoms with Gasteiger partial charge in [-0.05, 0) is 26.2 Å². The highest BCUT2D eigenvalue weighted by molar-refractivity contribution is 6.31. The molecule has 0 saturated carbocycles. The molecule has 86 valence electrons. The Labute approximate surface area is 102 Å². The molecule has 1 heterocycles. The van der Waals surface area contributed by atoms with Crippen molar-refractivity contribution in [2.45, 2.75) is 40.2 Å². The summed E-state index contributed by atoms with van der Waals surface area (Å²) >= 11 is 12.1. The molecule has 0 aliphatic carbocycles. The Balaban J connectivity index is 2.91. The van der Waals surface area contributed by atoms with Gasteiger partial charge in [0, 0.05) is 12.4 Å². The van der Waals surface area contributed by atoms with Gasteiger partial charge >= 0.3 is 0 Å². The SMILES string of the molecule is CCC(CCl)Cc1c(Cl)c(C)nn1CC. The molecule has 1 rings (SSSR count). The average molecular weight is 249 g/mol. The summed E-state index contributed by atoms with van der Waals surface area (Å²) in [6, 6.07) is 0. The molecule has 0 saturated heterocycles. The van der Waals surface area contributed by atoms with Crippen LogP contribution in [0, 0.1) is 12.8 Å². The zero-order valence-electron chi connectivity index (χ0n) is 9.56. The zero-order valence-corrected chi connectivity index (χ0v) is 11.1. The standard InChI is InChI=1S/C11H18Cl2N2/c1-4-9(7-12)6-10-11(13)8(3)14-15(10)5-2/h9H,4-7H2,1-3H3. The van der Waals surface area contributed by atoms with Crippen molar-refractivity contribution < 1.29 is 0 Å². The van der Waals surface area contributed by atoms with Crippen LogP contribution in [-0.2, 0) is 13.0 Å². The van der Waals surface area contributed by atoms with Crippen LogP contribution in [0.2, 0.25) is 5.02 Å². The summed E-state index contributed by atoms with van der Waals surface area (Å²) < 4.78 is 1.98. The number of rotatable bonds is 5. The van der Waals surface area contributed by atoms with Gasteiger partial charge in [0.2, 0.25) is 0 Å². The number of aromatic nitrogens is 2. The minimum absolute atomic E-state index is 0.491. The van der Waals surface area contributed by atoms with Gasteiger partial charge < -0.3 is 0 Å². The van der Waals surface area contributed by atoms with E-state index in [9.17, 15) is 0 Å². The predicted molar refractivity (Wildman–Crippen MR) is 65.9 cm³/mol. The third-order valence-corrected chi connectivity index (χ3v) is 3.66. The molecular formula is C11H18Cl2N2. The Hall–Kier alpha value is -0.210. The number of nitrogens with zero attached hydrogens (tertiary/aromatic N) is 2. The second-order valence-corrected chi connectivity index (χ2v) is 4.48. The van der Waals surface area contributed by atoms with Gasteiger partial charge in [0.15, 0.2) is 0 Å². The maximum Gasteiger partial charge on any atom is 0.0847 e. The van der Waals surface area contributed by atoms with Gasteiger partial charge in [0.05, 0.1) is 16.4 Å². The number of alkyl halides is 1. The monoisotopic (exact) mass is 248 g/mol. The first-order valence-corrected chi connectivity index (χ1v) is 6.32. The molecule has 0 spiro atoms. The van der Waals surface area contributed by atoms with E-state index in [-0.39, 0.29) is 0 Å². The van der Waals surface area contributed by atoms with Crippen molar-refractivity contribution in [2.24, 2.45) is 5.92 Å². The molecule has 2 nitrogen and oxygen atoms in total. The van der Waals surface area contributed by atoms with E-state index in [1.54, 1.807) is 0 Å². The fourth-order valence-electron chi connectivity index (χ4n) is 1.65. The highest BCUT2D eigenvalue weighted by Gasteiger charge is 2.16. The second-order valence-electron chi connectivity index (χ2n) is 3.79. The highest BCUT2D eigenvalue weighted by atomic mass is 35.5.